The van der Waals surface area contributed by atoms with E-state index in [2.05, 4.69) is 32.7 Å². The Hall–Kier alpha value is -5.60. The van der Waals surface area contributed by atoms with Crippen molar-refractivity contribution in [3.8, 4) is 5.75 Å². The van der Waals surface area contributed by atoms with Crippen LogP contribution in [0, 0.1) is 18.6 Å². The molecule has 6 rings (SSSR count). The van der Waals surface area contributed by atoms with E-state index in [9.17, 15) is 18.4 Å². The maximum Gasteiger partial charge on any atom is 0.280 e. The third-order valence-corrected chi connectivity index (χ3v) is 8.44. The van der Waals surface area contributed by atoms with Gasteiger partial charge in [0.2, 0.25) is 5.95 Å². The second kappa shape index (κ2) is 15.3. The van der Waals surface area contributed by atoms with Crippen molar-refractivity contribution < 1.29 is 23.0 Å². The van der Waals surface area contributed by atoms with Crippen LogP contribution in [0.3, 0.4) is 0 Å². The first kappa shape index (κ1) is 34.3. The van der Waals surface area contributed by atoms with Gasteiger partial charge in [-0.25, -0.2) is 23.4 Å². The molecule has 14 heteroatoms. The molecule has 3 heterocycles. The number of carbonyl (C=O) groups excluding carboxylic acids is 1. The minimum Gasteiger partial charge on any atom is -0.490 e. The average molecular weight is 685 g/mol. The largest absolute Gasteiger partial charge is 0.490 e. The first-order valence-corrected chi connectivity index (χ1v) is 16.2. The topological polar surface area (TPSA) is 142 Å². The number of halogens is 2. The predicted molar refractivity (Wildman–Crippen MR) is 188 cm³/mol. The molecular formula is C36H38F2N8O4. The molecule has 0 spiro atoms. The number of aromatic nitrogens is 4. The Labute approximate surface area is 287 Å². The highest BCUT2D eigenvalue weighted by molar-refractivity contribution is 5.95. The van der Waals surface area contributed by atoms with Crippen molar-refractivity contribution in [2.24, 2.45) is 12.8 Å². The average Bonchev–Trinajstić information content (AvgIpc) is 3.33. The van der Waals surface area contributed by atoms with Crippen LogP contribution in [0.2, 0.25) is 0 Å². The summed E-state index contributed by atoms with van der Waals surface area (Å²) >= 11 is 0. The highest BCUT2D eigenvalue weighted by atomic mass is 19.2. The third kappa shape index (κ3) is 7.66. The molecule has 0 aliphatic carbocycles. The van der Waals surface area contributed by atoms with Crippen molar-refractivity contribution in [3.05, 3.63) is 111 Å². The van der Waals surface area contributed by atoms with E-state index in [1.165, 1.54) is 15.4 Å². The van der Waals surface area contributed by atoms with E-state index < -0.39 is 23.1 Å². The predicted octanol–water partition coefficient (Wildman–Crippen LogP) is 4.13. The van der Waals surface area contributed by atoms with E-state index in [1.807, 2.05) is 30.3 Å². The lowest BCUT2D eigenvalue weighted by molar-refractivity contribution is 0.0956. The molecule has 0 bridgehead atoms. The standard InChI is InChI=1S/C36H38F2N8O4/c1-23-32(35(48)46(44(23)2)22-25-5-10-29(37)30(38)19-25)34(47)40-12-3-4-24-18-26-21-41-36(43-33(26)31(20-24)50-15-11-39)42-27-6-8-28(9-7-27)45-13-16-49-17-14-45/h3-10,18-21H,11-17,22,39H2,1-2H3,(H,40,47)(H,41,42,43). The van der Waals surface area contributed by atoms with Crippen molar-refractivity contribution in [1.82, 2.24) is 24.6 Å². The smallest absolute Gasteiger partial charge is 0.280 e. The summed E-state index contributed by atoms with van der Waals surface area (Å²) < 4.78 is 41.3. The van der Waals surface area contributed by atoms with Crippen LogP contribution >= 0.6 is 0 Å². The van der Waals surface area contributed by atoms with Crippen LogP contribution in [0.4, 0.5) is 26.1 Å². The number of nitrogens with one attached hydrogen (secondary N) is 2. The van der Waals surface area contributed by atoms with Crippen LogP contribution in [0.5, 0.6) is 5.75 Å². The molecule has 260 valence electrons. The lowest BCUT2D eigenvalue weighted by Gasteiger charge is -2.28. The number of amides is 1. The molecule has 12 nitrogen and oxygen atoms in total. The van der Waals surface area contributed by atoms with Crippen molar-refractivity contribution in [3.63, 3.8) is 0 Å². The second-order valence-electron chi connectivity index (χ2n) is 11.8. The molecule has 2 aromatic heterocycles. The summed E-state index contributed by atoms with van der Waals surface area (Å²) in [5, 5.41) is 6.77. The van der Waals surface area contributed by atoms with E-state index in [0.29, 0.717) is 35.0 Å². The maximum atomic E-state index is 13.7. The van der Waals surface area contributed by atoms with Gasteiger partial charge in [0.05, 0.1) is 19.8 Å². The monoisotopic (exact) mass is 684 g/mol. The van der Waals surface area contributed by atoms with Gasteiger partial charge in [-0.3, -0.25) is 14.3 Å². The summed E-state index contributed by atoms with van der Waals surface area (Å²) in [6.07, 6.45) is 5.28. The summed E-state index contributed by atoms with van der Waals surface area (Å²) in [6, 6.07) is 15.3. The maximum absolute atomic E-state index is 13.7. The van der Waals surface area contributed by atoms with Crippen molar-refractivity contribution in [2.75, 3.05) is 56.2 Å². The number of hydrogen-bond donors (Lipinski definition) is 3. The van der Waals surface area contributed by atoms with E-state index >= 15 is 0 Å². The van der Waals surface area contributed by atoms with E-state index in [-0.39, 0.29) is 25.3 Å². The molecule has 1 amide bonds. The van der Waals surface area contributed by atoms with Crippen LogP contribution < -0.4 is 31.6 Å². The van der Waals surface area contributed by atoms with Gasteiger partial charge < -0.3 is 30.7 Å². The number of carbonyl (C=O) groups is 1. The van der Waals surface area contributed by atoms with Crippen molar-refractivity contribution >= 4 is 40.2 Å². The van der Waals surface area contributed by atoms with Gasteiger partial charge in [0.25, 0.3) is 11.5 Å². The summed E-state index contributed by atoms with van der Waals surface area (Å²) in [4.78, 5) is 37.8. The Kier molecular flexibility index (Phi) is 10.5. The van der Waals surface area contributed by atoms with Gasteiger partial charge in [-0.2, -0.15) is 0 Å². The van der Waals surface area contributed by atoms with Crippen LogP contribution in [-0.2, 0) is 18.3 Å². The molecule has 1 aliphatic heterocycles. The number of benzene rings is 3. The van der Waals surface area contributed by atoms with E-state index in [0.717, 1.165) is 60.8 Å². The van der Waals surface area contributed by atoms with Crippen LogP contribution in [0.1, 0.15) is 27.2 Å². The zero-order chi connectivity index (χ0) is 35.2. The van der Waals surface area contributed by atoms with Gasteiger partial charge in [0.15, 0.2) is 11.6 Å². The fraction of sp³-hybridized carbons (Fsp3) is 0.278. The summed E-state index contributed by atoms with van der Waals surface area (Å²) in [5.74, 6) is -1.58. The number of ether oxygens (including phenoxy) is 2. The van der Waals surface area contributed by atoms with Gasteiger partial charge in [-0.1, -0.05) is 18.2 Å². The molecule has 5 aromatic rings. The van der Waals surface area contributed by atoms with E-state index in [4.69, 9.17) is 20.2 Å². The Morgan fingerprint density at radius 1 is 1.08 bits per heavy atom. The van der Waals surface area contributed by atoms with Crippen LogP contribution in [0.25, 0.3) is 17.0 Å². The van der Waals surface area contributed by atoms with Crippen LogP contribution in [-0.4, -0.2) is 71.2 Å². The molecule has 1 fully saturated rings. The molecule has 0 saturated carbocycles. The van der Waals surface area contributed by atoms with E-state index in [1.54, 1.807) is 26.2 Å². The molecule has 4 N–H and O–H groups in total. The zero-order valence-electron chi connectivity index (χ0n) is 27.8. The lowest BCUT2D eigenvalue weighted by Crippen LogP contribution is -2.36. The second-order valence-corrected chi connectivity index (χ2v) is 11.8. The molecule has 1 aliphatic rings. The zero-order valence-corrected chi connectivity index (χ0v) is 27.8. The lowest BCUT2D eigenvalue weighted by atomic mass is 10.1. The minimum absolute atomic E-state index is 0.0266. The first-order chi connectivity index (χ1) is 24.2. The Balaban J connectivity index is 1.13. The molecular weight excluding hydrogens is 646 g/mol. The quantitative estimate of drug-likeness (QED) is 0.177. The Bertz CT molecular complexity index is 2090. The van der Waals surface area contributed by atoms with Crippen molar-refractivity contribution in [2.45, 2.75) is 13.5 Å². The molecule has 0 atom stereocenters. The number of nitrogens with two attached hydrogens (primary N) is 1. The SMILES string of the molecule is Cc1c(C(=O)NCC=Cc2cc(OCCN)c3nc(Nc4ccc(N5CCOCC5)cc4)ncc3c2)c(=O)n(Cc2ccc(F)c(F)c2)n1C. The molecule has 0 radical (unpaired) electrons. The fourth-order valence-electron chi connectivity index (χ4n) is 5.72. The molecule has 3 aromatic carbocycles. The number of morpholine rings is 1. The van der Waals surface area contributed by atoms with Gasteiger partial charge in [0, 0.05) is 61.9 Å². The van der Waals surface area contributed by atoms with Gasteiger partial charge in [-0.15, -0.1) is 0 Å². The highest BCUT2D eigenvalue weighted by Crippen LogP contribution is 2.28. The van der Waals surface area contributed by atoms with Gasteiger partial charge in [0.1, 0.15) is 23.4 Å². The first-order valence-electron chi connectivity index (χ1n) is 16.2. The molecule has 1 saturated heterocycles. The van der Waals surface area contributed by atoms with Crippen LogP contribution in [0.15, 0.2) is 71.7 Å². The molecule has 0 unspecified atom stereocenters. The Morgan fingerprint density at radius 2 is 1.86 bits per heavy atom. The third-order valence-electron chi connectivity index (χ3n) is 8.44. The van der Waals surface area contributed by atoms with Gasteiger partial charge >= 0.3 is 0 Å². The number of anilines is 3. The minimum atomic E-state index is -1.01. The summed E-state index contributed by atoms with van der Waals surface area (Å²) in [6.45, 7) is 5.53. The van der Waals surface area contributed by atoms with Gasteiger partial charge in [-0.05, 0) is 66.6 Å². The van der Waals surface area contributed by atoms with Crippen molar-refractivity contribution in [1.29, 1.82) is 0 Å². The number of nitrogens with zero attached hydrogens (tertiary/aromatic N) is 5. The number of hydrogen-bond acceptors (Lipinski definition) is 9. The Morgan fingerprint density at radius 3 is 2.60 bits per heavy atom. The number of rotatable bonds is 12. The summed E-state index contributed by atoms with van der Waals surface area (Å²) in [7, 11) is 1.63. The highest BCUT2D eigenvalue weighted by Gasteiger charge is 2.21. The number of fused-ring (bicyclic) bond motifs is 1. The normalized spacial score (nSPS) is 13.3. The fourth-order valence-corrected chi connectivity index (χ4v) is 5.72. The summed E-state index contributed by atoms with van der Waals surface area (Å²) in [5.41, 5.74) is 9.37. The molecule has 50 heavy (non-hydrogen) atoms.